The average Bonchev–Trinajstić information content (AvgIpc) is 3.29. The molecule has 9 heteroatoms. The maximum absolute atomic E-state index is 12.7. The third kappa shape index (κ3) is 3.29. The lowest BCUT2D eigenvalue weighted by atomic mass is 9.86. The molecule has 2 aliphatic rings. The minimum Gasteiger partial charge on any atom is -0.360 e. The molecule has 2 fully saturated rings. The summed E-state index contributed by atoms with van der Waals surface area (Å²) < 4.78 is 6.99. The molecule has 27 heavy (non-hydrogen) atoms. The predicted octanol–water partition coefficient (Wildman–Crippen LogP) is 1.12. The van der Waals surface area contributed by atoms with Crippen LogP contribution in [0.15, 0.2) is 22.9 Å². The zero-order chi connectivity index (χ0) is 19.0. The molecular formula is C18H24N6O3. The van der Waals surface area contributed by atoms with Crippen LogP contribution >= 0.6 is 0 Å². The number of aryl methyl sites for hydroxylation is 1. The second-order valence-electron chi connectivity index (χ2n) is 7.31. The van der Waals surface area contributed by atoms with Crippen LogP contribution in [0, 0.1) is 0 Å². The van der Waals surface area contributed by atoms with Gasteiger partial charge >= 0.3 is 0 Å². The fraction of sp³-hybridized carbons (Fsp3) is 0.556. The van der Waals surface area contributed by atoms with Crippen LogP contribution < -0.4 is 10.6 Å². The molecule has 9 nitrogen and oxygen atoms in total. The van der Waals surface area contributed by atoms with Crippen LogP contribution in [0.2, 0.25) is 0 Å². The van der Waals surface area contributed by atoms with Crippen molar-refractivity contribution in [1.82, 2.24) is 25.2 Å². The molecule has 1 aliphatic carbocycles. The van der Waals surface area contributed by atoms with Gasteiger partial charge in [-0.25, -0.2) is 0 Å². The molecule has 0 aromatic carbocycles. The zero-order valence-corrected chi connectivity index (χ0v) is 15.6. The molecule has 2 aromatic heterocycles. The van der Waals surface area contributed by atoms with Crippen molar-refractivity contribution >= 4 is 17.6 Å². The van der Waals surface area contributed by atoms with Gasteiger partial charge in [-0.15, -0.1) is 0 Å². The molecule has 3 heterocycles. The highest BCUT2D eigenvalue weighted by Crippen LogP contribution is 2.40. The van der Waals surface area contributed by atoms with Crippen LogP contribution in [0.5, 0.6) is 0 Å². The van der Waals surface area contributed by atoms with Crippen molar-refractivity contribution in [1.29, 1.82) is 0 Å². The number of rotatable bonds is 5. The largest absolute Gasteiger partial charge is 0.360 e. The van der Waals surface area contributed by atoms with Crippen molar-refractivity contribution in [2.24, 2.45) is 7.05 Å². The number of piperidine rings is 1. The van der Waals surface area contributed by atoms with Crippen LogP contribution in [0.1, 0.15) is 47.8 Å². The van der Waals surface area contributed by atoms with Gasteiger partial charge in [0.05, 0.1) is 6.20 Å². The highest BCUT2D eigenvalue weighted by Gasteiger charge is 2.43. The van der Waals surface area contributed by atoms with E-state index in [1.165, 1.54) is 0 Å². The van der Waals surface area contributed by atoms with Crippen molar-refractivity contribution in [3.63, 3.8) is 0 Å². The number of hydrogen-bond acceptors (Lipinski definition) is 6. The lowest BCUT2D eigenvalue weighted by molar-refractivity contribution is -0.126. The minimum atomic E-state index is -0.775. The summed E-state index contributed by atoms with van der Waals surface area (Å²) in [5.41, 5.74) is -0.425. The molecule has 0 radical (unpaired) electrons. The molecule has 2 aromatic rings. The van der Waals surface area contributed by atoms with Crippen molar-refractivity contribution in [3.8, 4) is 0 Å². The lowest BCUT2D eigenvalue weighted by Crippen LogP contribution is -2.58. The second kappa shape index (κ2) is 6.71. The maximum Gasteiger partial charge on any atom is 0.276 e. The van der Waals surface area contributed by atoms with E-state index >= 15 is 0 Å². The maximum atomic E-state index is 12.7. The molecule has 2 N–H and O–H groups in total. The fourth-order valence-electron chi connectivity index (χ4n) is 3.59. The summed E-state index contributed by atoms with van der Waals surface area (Å²) in [5, 5.41) is 14.2. The van der Waals surface area contributed by atoms with E-state index < -0.39 is 5.54 Å². The summed E-state index contributed by atoms with van der Waals surface area (Å²) in [7, 11) is 3.45. The fourth-order valence-corrected chi connectivity index (χ4v) is 3.59. The average molecular weight is 372 g/mol. The summed E-state index contributed by atoms with van der Waals surface area (Å²) in [6, 6.07) is 3.59. The van der Waals surface area contributed by atoms with Gasteiger partial charge in [0.2, 0.25) is 5.91 Å². The first-order valence-corrected chi connectivity index (χ1v) is 9.27. The van der Waals surface area contributed by atoms with Crippen molar-refractivity contribution < 1.29 is 14.1 Å². The summed E-state index contributed by atoms with van der Waals surface area (Å²) >= 11 is 0. The summed E-state index contributed by atoms with van der Waals surface area (Å²) in [6.07, 6.45) is 4.87. The smallest absolute Gasteiger partial charge is 0.276 e. The van der Waals surface area contributed by atoms with Crippen molar-refractivity contribution in [3.05, 3.63) is 29.8 Å². The molecule has 1 saturated carbocycles. The standard InChI is InChI=1S/C18H24N6O3/c1-19-17(26)18(21-15-5-8-20-23(15)2)6-9-24(10-7-18)16(25)13-11-14(27-22-13)12-3-4-12/h5,8,11-12,21H,3-4,6-7,9-10H2,1-2H3,(H,19,26). The number of nitrogens with zero attached hydrogens (tertiary/aromatic N) is 4. The summed E-state index contributed by atoms with van der Waals surface area (Å²) in [5.74, 6) is 1.76. The number of amides is 2. The molecule has 4 rings (SSSR count). The number of carbonyl (C=O) groups is 2. The van der Waals surface area contributed by atoms with Gasteiger partial charge in [0.25, 0.3) is 5.91 Å². The Balaban J connectivity index is 1.46. The molecule has 0 spiro atoms. The molecule has 0 atom stereocenters. The summed E-state index contributed by atoms with van der Waals surface area (Å²) in [6.45, 7) is 0.922. The van der Waals surface area contributed by atoms with E-state index in [-0.39, 0.29) is 11.8 Å². The normalized spacial score (nSPS) is 19.0. The Kier molecular flexibility index (Phi) is 4.37. The van der Waals surface area contributed by atoms with Crippen LogP contribution in [-0.2, 0) is 11.8 Å². The van der Waals surface area contributed by atoms with Gasteiger partial charge in [0, 0.05) is 45.2 Å². The van der Waals surface area contributed by atoms with Gasteiger partial charge in [0.15, 0.2) is 5.69 Å². The second-order valence-corrected chi connectivity index (χ2v) is 7.31. The Morgan fingerprint density at radius 2 is 2.04 bits per heavy atom. The highest BCUT2D eigenvalue weighted by molar-refractivity contribution is 5.93. The van der Waals surface area contributed by atoms with Gasteiger partial charge in [-0.05, 0) is 25.7 Å². The lowest BCUT2D eigenvalue weighted by Gasteiger charge is -2.41. The first kappa shape index (κ1) is 17.6. The number of likely N-dealkylation sites (tertiary alicyclic amines) is 1. The predicted molar refractivity (Wildman–Crippen MR) is 97.2 cm³/mol. The molecule has 1 saturated heterocycles. The quantitative estimate of drug-likeness (QED) is 0.815. The van der Waals surface area contributed by atoms with E-state index in [1.54, 1.807) is 28.9 Å². The molecule has 0 unspecified atom stereocenters. The van der Waals surface area contributed by atoms with E-state index in [4.69, 9.17) is 4.52 Å². The van der Waals surface area contributed by atoms with Gasteiger partial charge in [0.1, 0.15) is 17.1 Å². The van der Waals surface area contributed by atoms with Crippen molar-refractivity contribution in [2.45, 2.75) is 37.1 Å². The molecule has 2 amide bonds. The van der Waals surface area contributed by atoms with Crippen LogP contribution in [0.4, 0.5) is 5.82 Å². The van der Waals surface area contributed by atoms with E-state index in [2.05, 4.69) is 20.9 Å². The minimum absolute atomic E-state index is 0.0896. The van der Waals surface area contributed by atoms with E-state index in [0.717, 1.165) is 24.4 Å². The SMILES string of the molecule is CNC(=O)C1(Nc2ccnn2C)CCN(C(=O)c2cc(C3CC3)on2)CC1. The topological polar surface area (TPSA) is 105 Å². The third-order valence-electron chi connectivity index (χ3n) is 5.48. The van der Waals surface area contributed by atoms with E-state index in [9.17, 15) is 9.59 Å². The molecular weight excluding hydrogens is 348 g/mol. The van der Waals surface area contributed by atoms with Gasteiger partial charge in [-0.3, -0.25) is 14.3 Å². The molecule has 1 aliphatic heterocycles. The zero-order valence-electron chi connectivity index (χ0n) is 15.6. The number of aromatic nitrogens is 3. The Morgan fingerprint density at radius 1 is 1.30 bits per heavy atom. The van der Waals surface area contributed by atoms with Crippen LogP contribution in [0.3, 0.4) is 0 Å². The van der Waals surface area contributed by atoms with Crippen LogP contribution in [0.25, 0.3) is 0 Å². The summed E-state index contributed by atoms with van der Waals surface area (Å²) in [4.78, 5) is 27.1. The third-order valence-corrected chi connectivity index (χ3v) is 5.48. The Hall–Kier alpha value is -2.84. The molecule has 144 valence electrons. The number of carbonyl (C=O) groups excluding carboxylic acids is 2. The van der Waals surface area contributed by atoms with Crippen LogP contribution in [-0.4, -0.2) is 57.3 Å². The van der Waals surface area contributed by atoms with Crippen molar-refractivity contribution in [2.75, 3.05) is 25.5 Å². The Bertz CT molecular complexity index is 845. The molecule has 0 bridgehead atoms. The highest BCUT2D eigenvalue weighted by atomic mass is 16.5. The Morgan fingerprint density at radius 3 is 2.63 bits per heavy atom. The van der Waals surface area contributed by atoms with E-state index in [0.29, 0.717) is 37.5 Å². The first-order chi connectivity index (χ1) is 13.0. The van der Waals surface area contributed by atoms with Gasteiger partial charge < -0.3 is 20.1 Å². The monoisotopic (exact) mass is 372 g/mol. The Labute approximate surface area is 157 Å². The number of anilines is 1. The first-order valence-electron chi connectivity index (χ1n) is 9.27. The number of likely N-dealkylation sites (N-methyl/N-ethyl adjacent to an activating group) is 1. The van der Waals surface area contributed by atoms with Gasteiger partial charge in [-0.1, -0.05) is 5.16 Å². The number of nitrogens with one attached hydrogen (secondary N) is 2. The van der Waals surface area contributed by atoms with E-state index in [1.807, 2.05) is 13.1 Å². The van der Waals surface area contributed by atoms with Gasteiger partial charge in [-0.2, -0.15) is 5.10 Å². The number of hydrogen-bond donors (Lipinski definition) is 2.